The van der Waals surface area contributed by atoms with Crippen molar-refractivity contribution >= 4 is 61.3 Å². The fraction of sp³-hybridized carbons (Fsp3) is 0.286. The van der Waals surface area contributed by atoms with Crippen LogP contribution in [0.5, 0.6) is 0 Å². The second kappa shape index (κ2) is 10.1. The highest BCUT2D eigenvalue weighted by atomic mass is 35.5. The Kier molecular flexibility index (Phi) is 7.17. The summed E-state index contributed by atoms with van der Waals surface area (Å²) in [6.07, 6.45) is 1.67. The number of carbonyl (C=O) groups is 2. The first-order valence-electron chi connectivity index (χ1n) is 10.00. The Morgan fingerprint density at radius 3 is 2.69 bits per heavy atom. The van der Waals surface area contributed by atoms with Gasteiger partial charge in [0.1, 0.15) is 0 Å². The van der Waals surface area contributed by atoms with E-state index in [-0.39, 0.29) is 16.5 Å². The summed E-state index contributed by atoms with van der Waals surface area (Å²) in [4.78, 5) is 28.9. The summed E-state index contributed by atoms with van der Waals surface area (Å²) in [7, 11) is 0. The van der Waals surface area contributed by atoms with Gasteiger partial charge >= 0.3 is 6.03 Å². The van der Waals surface area contributed by atoms with Crippen LogP contribution in [-0.2, 0) is 11.1 Å². The van der Waals surface area contributed by atoms with Crippen LogP contribution < -0.4 is 16.0 Å². The lowest BCUT2D eigenvalue weighted by molar-refractivity contribution is 0.0967. The molecular weight excluding hydrogens is 472 g/mol. The maximum atomic E-state index is 12.3. The number of piperidine rings is 1. The molecule has 1 fully saturated rings. The van der Waals surface area contributed by atoms with Crippen molar-refractivity contribution in [2.45, 2.75) is 18.1 Å². The summed E-state index contributed by atoms with van der Waals surface area (Å²) < 4.78 is 22.8. The van der Waals surface area contributed by atoms with Gasteiger partial charge in [-0.1, -0.05) is 41.1 Å². The fourth-order valence-corrected chi connectivity index (χ4v) is 5.93. The number of amides is 3. The topological polar surface area (TPSA) is 120 Å². The van der Waals surface area contributed by atoms with Gasteiger partial charge in [-0.3, -0.25) is 15.4 Å². The molecule has 4 N–H and O–H groups in total. The maximum Gasteiger partial charge on any atom is 0.327 e. The standard InChI is InChI=1S/C21H21ClN4O4S2/c22-15-4-2-1-3-14(15)19(27)25-20(28)26-21-24-16-6-5-13(11-17(16)31-21)18(32(29)30)12-7-9-23-10-8-12/h1-6,11-12,18,23H,7-10H2,(H,29,30)(H2,24,25,26,27,28). The smallest absolute Gasteiger partial charge is 0.317 e. The average Bonchev–Trinajstić information content (AvgIpc) is 3.16. The molecule has 2 atom stereocenters. The monoisotopic (exact) mass is 492 g/mol. The number of carbonyl (C=O) groups excluding carboxylic acids is 2. The van der Waals surface area contributed by atoms with Gasteiger partial charge in [0.15, 0.2) is 16.2 Å². The Morgan fingerprint density at radius 2 is 1.97 bits per heavy atom. The zero-order valence-electron chi connectivity index (χ0n) is 16.8. The number of thiazole rings is 1. The number of nitrogens with one attached hydrogen (secondary N) is 3. The number of halogens is 1. The zero-order valence-corrected chi connectivity index (χ0v) is 19.2. The van der Waals surface area contributed by atoms with Gasteiger partial charge in [-0.05, 0) is 61.7 Å². The number of anilines is 1. The van der Waals surface area contributed by atoms with Gasteiger partial charge in [0.05, 0.1) is 26.1 Å². The first-order valence-corrected chi connectivity index (χ1v) is 12.4. The van der Waals surface area contributed by atoms with Gasteiger partial charge in [0, 0.05) is 0 Å². The van der Waals surface area contributed by atoms with Crippen molar-refractivity contribution in [2.24, 2.45) is 5.92 Å². The highest BCUT2D eigenvalue weighted by Crippen LogP contribution is 2.36. The van der Waals surface area contributed by atoms with Crippen LogP contribution in [0.4, 0.5) is 9.93 Å². The minimum absolute atomic E-state index is 0.117. The van der Waals surface area contributed by atoms with E-state index in [1.54, 1.807) is 24.3 Å². The molecule has 8 nitrogen and oxygen atoms in total. The molecular formula is C21H21ClN4O4S2. The van der Waals surface area contributed by atoms with Crippen LogP contribution in [0, 0.1) is 5.92 Å². The maximum absolute atomic E-state index is 12.3. The molecule has 3 amide bonds. The average molecular weight is 493 g/mol. The number of hydrogen-bond donors (Lipinski definition) is 4. The summed E-state index contributed by atoms with van der Waals surface area (Å²) in [6.45, 7) is 1.66. The van der Waals surface area contributed by atoms with Gasteiger partial charge in [-0.15, -0.1) is 0 Å². The first-order chi connectivity index (χ1) is 15.4. The van der Waals surface area contributed by atoms with E-state index < -0.39 is 28.3 Å². The van der Waals surface area contributed by atoms with Crippen molar-refractivity contribution < 1.29 is 18.4 Å². The lowest BCUT2D eigenvalue weighted by Gasteiger charge is -2.28. The number of benzene rings is 2. The Balaban J connectivity index is 1.49. The molecule has 4 rings (SSSR count). The summed E-state index contributed by atoms with van der Waals surface area (Å²) in [5, 5.41) is 8.15. The highest BCUT2D eigenvalue weighted by molar-refractivity contribution is 7.79. The van der Waals surface area contributed by atoms with Gasteiger partial charge in [-0.2, -0.15) is 0 Å². The minimum Gasteiger partial charge on any atom is -0.317 e. The van der Waals surface area contributed by atoms with Crippen molar-refractivity contribution in [3.8, 4) is 0 Å². The predicted molar refractivity (Wildman–Crippen MR) is 127 cm³/mol. The molecule has 1 aliphatic heterocycles. The van der Waals surface area contributed by atoms with E-state index in [2.05, 4.69) is 20.9 Å². The fourth-order valence-electron chi connectivity index (χ4n) is 3.82. The van der Waals surface area contributed by atoms with Gasteiger partial charge in [0.25, 0.3) is 5.91 Å². The van der Waals surface area contributed by atoms with Crippen molar-refractivity contribution in [1.82, 2.24) is 15.6 Å². The second-order valence-corrected chi connectivity index (χ2v) is 9.92. The van der Waals surface area contributed by atoms with Crippen LogP contribution in [-0.4, -0.2) is 38.8 Å². The SMILES string of the molecule is O=C(NC(=O)c1ccccc1Cl)Nc1nc2ccc(C(C3CCNCC3)S(=O)O)cc2s1. The normalized spacial score (nSPS) is 16.4. The summed E-state index contributed by atoms with van der Waals surface area (Å²) in [5.41, 5.74) is 1.62. The quantitative estimate of drug-likeness (QED) is 0.397. The molecule has 32 heavy (non-hydrogen) atoms. The van der Waals surface area contributed by atoms with E-state index in [0.717, 1.165) is 36.2 Å². The van der Waals surface area contributed by atoms with Crippen LogP contribution in [0.3, 0.4) is 0 Å². The van der Waals surface area contributed by atoms with Crippen molar-refractivity contribution in [1.29, 1.82) is 0 Å². The molecule has 0 bridgehead atoms. The number of fused-ring (bicyclic) bond motifs is 1. The summed E-state index contributed by atoms with van der Waals surface area (Å²) in [6, 6.07) is 11.2. The number of hydrogen-bond acceptors (Lipinski definition) is 6. The van der Waals surface area contributed by atoms with Crippen molar-refractivity contribution in [3.05, 3.63) is 58.6 Å². The van der Waals surface area contributed by atoms with E-state index in [0.29, 0.717) is 10.6 Å². The van der Waals surface area contributed by atoms with E-state index in [1.807, 2.05) is 12.1 Å². The molecule has 0 radical (unpaired) electrons. The Labute approximate surface area is 196 Å². The van der Waals surface area contributed by atoms with Gasteiger partial charge < -0.3 is 9.87 Å². The predicted octanol–water partition coefficient (Wildman–Crippen LogP) is 4.17. The molecule has 1 saturated heterocycles. The number of urea groups is 1. The Morgan fingerprint density at radius 1 is 1.22 bits per heavy atom. The summed E-state index contributed by atoms with van der Waals surface area (Å²) in [5.74, 6) is -0.501. The van der Waals surface area contributed by atoms with E-state index >= 15 is 0 Å². The molecule has 168 valence electrons. The van der Waals surface area contributed by atoms with E-state index in [1.165, 1.54) is 17.4 Å². The van der Waals surface area contributed by atoms with Crippen molar-refractivity contribution in [3.63, 3.8) is 0 Å². The molecule has 11 heteroatoms. The van der Waals surface area contributed by atoms with Crippen molar-refractivity contribution in [2.75, 3.05) is 18.4 Å². The Hall–Kier alpha value is -2.37. The lowest BCUT2D eigenvalue weighted by atomic mass is 9.90. The molecule has 3 aromatic rings. The molecule has 2 unspecified atom stereocenters. The third kappa shape index (κ3) is 5.16. The van der Waals surface area contributed by atoms with Crippen LogP contribution in [0.15, 0.2) is 42.5 Å². The molecule has 2 aromatic carbocycles. The molecule has 0 saturated carbocycles. The van der Waals surface area contributed by atoms with Crippen LogP contribution in [0.1, 0.15) is 34.0 Å². The number of imide groups is 1. The number of aromatic nitrogens is 1. The van der Waals surface area contributed by atoms with E-state index in [9.17, 15) is 18.4 Å². The van der Waals surface area contributed by atoms with Crippen LogP contribution in [0.25, 0.3) is 10.2 Å². The summed E-state index contributed by atoms with van der Waals surface area (Å²) >= 11 is 5.22. The Bertz CT molecular complexity index is 1180. The molecule has 0 spiro atoms. The number of rotatable bonds is 5. The zero-order chi connectivity index (χ0) is 22.7. The third-order valence-corrected chi connectivity index (χ3v) is 7.69. The highest BCUT2D eigenvalue weighted by Gasteiger charge is 2.30. The molecule has 1 aromatic heterocycles. The van der Waals surface area contributed by atoms with Crippen LogP contribution in [0.2, 0.25) is 5.02 Å². The van der Waals surface area contributed by atoms with Crippen LogP contribution >= 0.6 is 22.9 Å². The molecule has 1 aliphatic rings. The van der Waals surface area contributed by atoms with Gasteiger partial charge in [-0.25, -0.2) is 14.0 Å². The first kappa shape index (κ1) is 22.8. The largest absolute Gasteiger partial charge is 0.327 e. The number of nitrogens with zero attached hydrogens (tertiary/aromatic N) is 1. The lowest BCUT2D eigenvalue weighted by Crippen LogP contribution is -2.34. The molecule has 0 aliphatic carbocycles. The third-order valence-electron chi connectivity index (χ3n) is 5.34. The molecule has 2 heterocycles. The van der Waals surface area contributed by atoms with E-state index in [4.69, 9.17) is 11.6 Å². The second-order valence-electron chi connectivity index (χ2n) is 7.42. The van der Waals surface area contributed by atoms with Gasteiger partial charge in [0.2, 0.25) is 0 Å². The minimum atomic E-state index is -2.00.